The fraction of sp³-hybridized carbons (Fsp3) is 0.600. The largest absolute Gasteiger partial charge is 0.363 e. The van der Waals surface area contributed by atoms with Gasteiger partial charge >= 0.3 is 0 Å². The molecular weight excluding hydrogens is 286 g/mol. The van der Waals surface area contributed by atoms with Gasteiger partial charge in [-0.25, -0.2) is 0 Å². The number of nitrogens with zero attached hydrogens (tertiary/aromatic N) is 4. The van der Waals surface area contributed by atoms with E-state index in [1.54, 1.807) is 0 Å². The van der Waals surface area contributed by atoms with Crippen LogP contribution in [-0.4, -0.2) is 19.6 Å². The maximum Gasteiger partial charge on any atom is 0.148 e. The first-order valence-corrected chi connectivity index (χ1v) is 7.28. The molecular formula is C15H26ClN5. The standard InChI is InChI=1S/C15H25N5.ClH/c1-11(2)10-19-13(5)8-15(18-19)16-9-14-6-7-17-20(14)12(3)4;/h6-8,11-12H,9-10H2,1-5H3,(H,16,18);1H. The van der Waals surface area contributed by atoms with Gasteiger partial charge in [-0.1, -0.05) is 13.8 Å². The van der Waals surface area contributed by atoms with Crippen LogP contribution < -0.4 is 5.32 Å². The van der Waals surface area contributed by atoms with Crippen molar-refractivity contribution in [3.8, 4) is 0 Å². The van der Waals surface area contributed by atoms with Crippen LogP contribution in [0.1, 0.15) is 45.1 Å². The molecule has 0 aliphatic carbocycles. The number of rotatable bonds is 6. The Morgan fingerprint density at radius 3 is 2.57 bits per heavy atom. The summed E-state index contributed by atoms with van der Waals surface area (Å²) in [7, 11) is 0. The van der Waals surface area contributed by atoms with E-state index in [1.807, 2.05) is 16.9 Å². The molecule has 118 valence electrons. The Kier molecular flexibility index (Phi) is 6.27. The molecule has 1 N–H and O–H groups in total. The van der Waals surface area contributed by atoms with Gasteiger partial charge in [0.25, 0.3) is 0 Å². The van der Waals surface area contributed by atoms with E-state index in [9.17, 15) is 0 Å². The minimum atomic E-state index is 0. The van der Waals surface area contributed by atoms with Crippen LogP contribution in [0.4, 0.5) is 5.82 Å². The Hall–Kier alpha value is -1.49. The second-order valence-corrected chi connectivity index (χ2v) is 5.96. The molecule has 0 atom stereocenters. The van der Waals surface area contributed by atoms with E-state index in [4.69, 9.17) is 0 Å². The molecule has 0 aliphatic heterocycles. The van der Waals surface area contributed by atoms with Crippen LogP contribution in [0.15, 0.2) is 18.3 Å². The molecule has 0 fully saturated rings. The average molecular weight is 312 g/mol. The summed E-state index contributed by atoms with van der Waals surface area (Å²) >= 11 is 0. The summed E-state index contributed by atoms with van der Waals surface area (Å²) in [6.45, 7) is 12.5. The number of nitrogens with one attached hydrogen (secondary N) is 1. The molecule has 2 heterocycles. The fourth-order valence-corrected chi connectivity index (χ4v) is 2.25. The van der Waals surface area contributed by atoms with Crippen molar-refractivity contribution in [3.05, 3.63) is 29.7 Å². The van der Waals surface area contributed by atoms with E-state index in [2.05, 4.69) is 60.9 Å². The topological polar surface area (TPSA) is 47.7 Å². The first kappa shape index (κ1) is 17.6. The summed E-state index contributed by atoms with van der Waals surface area (Å²) in [5, 5.41) is 12.3. The molecule has 0 amide bonds. The molecule has 0 aromatic carbocycles. The summed E-state index contributed by atoms with van der Waals surface area (Å²) in [4.78, 5) is 0. The van der Waals surface area contributed by atoms with Crippen LogP contribution in [0.3, 0.4) is 0 Å². The van der Waals surface area contributed by atoms with Crippen LogP contribution in [0, 0.1) is 12.8 Å². The lowest BCUT2D eigenvalue weighted by Gasteiger charge is -2.11. The van der Waals surface area contributed by atoms with Crippen molar-refractivity contribution in [3.63, 3.8) is 0 Å². The predicted octanol–water partition coefficient (Wildman–Crippen LogP) is 3.66. The number of anilines is 1. The first-order chi connectivity index (χ1) is 9.47. The highest BCUT2D eigenvalue weighted by molar-refractivity contribution is 5.85. The minimum absolute atomic E-state index is 0. The Balaban J connectivity index is 0.00000220. The zero-order valence-electron chi connectivity index (χ0n) is 13.5. The quantitative estimate of drug-likeness (QED) is 0.885. The third kappa shape index (κ3) is 4.49. The van der Waals surface area contributed by atoms with Crippen molar-refractivity contribution in [2.45, 2.75) is 53.8 Å². The van der Waals surface area contributed by atoms with E-state index in [-0.39, 0.29) is 12.4 Å². The second kappa shape index (κ2) is 7.50. The maximum atomic E-state index is 4.60. The lowest BCUT2D eigenvalue weighted by Crippen LogP contribution is -2.12. The van der Waals surface area contributed by atoms with Crippen molar-refractivity contribution in [2.75, 3.05) is 5.32 Å². The normalized spacial score (nSPS) is 11.0. The maximum absolute atomic E-state index is 4.60. The summed E-state index contributed by atoms with van der Waals surface area (Å²) in [6, 6.07) is 4.52. The zero-order valence-corrected chi connectivity index (χ0v) is 14.3. The average Bonchev–Trinajstić information content (AvgIpc) is 2.93. The van der Waals surface area contributed by atoms with Crippen LogP contribution in [0.2, 0.25) is 0 Å². The summed E-state index contributed by atoms with van der Waals surface area (Å²) in [5.41, 5.74) is 2.37. The molecule has 5 nitrogen and oxygen atoms in total. The highest BCUT2D eigenvalue weighted by atomic mass is 35.5. The lowest BCUT2D eigenvalue weighted by atomic mass is 10.2. The molecule has 2 rings (SSSR count). The highest BCUT2D eigenvalue weighted by Crippen LogP contribution is 2.13. The highest BCUT2D eigenvalue weighted by Gasteiger charge is 2.08. The van der Waals surface area contributed by atoms with Crippen LogP contribution in [0.5, 0.6) is 0 Å². The number of hydrogen-bond acceptors (Lipinski definition) is 3. The number of hydrogen-bond donors (Lipinski definition) is 1. The van der Waals surface area contributed by atoms with Crippen LogP contribution in [0.25, 0.3) is 0 Å². The van der Waals surface area contributed by atoms with Crippen molar-refractivity contribution in [1.82, 2.24) is 19.6 Å². The molecule has 0 aliphatic rings. The number of halogens is 1. The van der Waals surface area contributed by atoms with Gasteiger partial charge in [-0.05, 0) is 32.8 Å². The summed E-state index contributed by atoms with van der Waals surface area (Å²) in [5.74, 6) is 1.53. The zero-order chi connectivity index (χ0) is 14.7. The van der Waals surface area contributed by atoms with Crippen molar-refractivity contribution >= 4 is 18.2 Å². The second-order valence-electron chi connectivity index (χ2n) is 5.96. The van der Waals surface area contributed by atoms with Gasteiger partial charge in [0, 0.05) is 30.5 Å². The van der Waals surface area contributed by atoms with E-state index in [0.717, 1.165) is 18.9 Å². The molecule has 0 saturated carbocycles. The molecule has 0 spiro atoms. The molecule has 2 aromatic heterocycles. The SMILES string of the molecule is Cc1cc(NCc2ccnn2C(C)C)nn1CC(C)C.Cl. The Morgan fingerprint density at radius 1 is 1.24 bits per heavy atom. The van der Waals surface area contributed by atoms with E-state index < -0.39 is 0 Å². The fourth-order valence-electron chi connectivity index (χ4n) is 2.25. The summed E-state index contributed by atoms with van der Waals surface area (Å²) < 4.78 is 4.09. The van der Waals surface area contributed by atoms with Gasteiger partial charge in [0.05, 0.1) is 12.2 Å². The van der Waals surface area contributed by atoms with Gasteiger partial charge in [-0.2, -0.15) is 10.2 Å². The third-order valence-corrected chi connectivity index (χ3v) is 3.21. The molecule has 21 heavy (non-hydrogen) atoms. The van der Waals surface area contributed by atoms with E-state index >= 15 is 0 Å². The Bertz CT molecular complexity index is 556. The van der Waals surface area contributed by atoms with E-state index in [1.165, 1.54) is 11.4 Å². The molecule has 6 heteroatoms. The Labute approximate surface area is 133 Å². The van der Waals surface area contributed by atoms with Gasteiger partial charge in [-0.15, -0.1) is 12.4 Å². The van der Waals surface area contributed by atoms with Gasteiger partial charge in [0.1, 0.15) is 5.82 Å². The predicted molar refractivity (Wildman–Crippen MR) is 89.0 cm³/mol. The van der Waals surface area contributed by atoms with Crippen LogP contribution in [-0.2, 0) is 13.1 Å². The molecule has 0 bridgehead atoms. The molecule has 2 aromatic rings. The smallest absolute Gasteiger partial charge is 0.148 e. The van der Waals surface area contributed by atoms with Crippen molar-refractivity contribution in [2.24, 2.45) is 5.92 Å². The van der Waals surface area contributed by atoms with Gasteiger partial charge in [0.15, 0.2) is 0 Å². The molecule has 0 saturated heterocycles. The number of aryl methyl sites for hydroxylation is 1. The molecule has 0 unspecified atom stereocenters. The van der Waals surface area contributed by atoms with Crippen molar-refractivity contribution < 1.29 is 0 Å². The first-order valence-electron chi connectivity index (χ1n) is 7.28. The minimum Gasteiger partial charge on any atom is -0.363 e. The molecule has 0 radical (unpaired) electrons. The van der Waals surface area contributed by atoms with Gasteiger partial charge in [0.2, 0.25) is 0 Å². The third-order valence-electron chi connectivity index (χ3n) is 3.21. The number of aromatic nitrogens is 4. The summed E-state index contributed by atoms with van der Waals surface area (Å²) in [6.07, 6.45) is 1.85. The Morgan fingerprint density at radius 2 is 1.95 bits per heavy atom. The van der Waals surface area contributed by atoms with E-state index in [0.29, 0.717) is 12.0 Å². The van der Waals surface area contributed by atoms with Gasteiger partial charge in [-0.3, -0.25) is 9.36 Å². The van der Waals surface area contributed by atoms with Crippen molar-refractivity contribution in [1.29, 1.82) is 0 Å². The van der Waals surface area contributed by atoms with Crippen LogP contribution >= 0.6 is 12.4 Å². The lowest BCUT2D eigenvalue weighted by molar-refractivity contribution is 0.475. The monoisotopic (exact) mass is 311 g/mol. The van der Waals surface area contributed by atoms with Gasteiger partial charge < -0.3 is 5.32 Å².